The fourth-order valence-corrected chi connectivity index (χ4v) is 1.49. The van der Waals surface area contributed by atoms with Crippen molar-refractivity contribution in [3.8, 4) is 0 Å². The molecular weight excluding hydrogens is 170 g/mol. The van der Waals surface area contributed by atoms with Gasteiger partial charge in [0.2, 0.25) is 0 Å². The summed E-state index contributed by atoms with van der Waals surface area (Å²) in [6, 6.07) is 11.5. The third-order valence-corrected chi connectivity index (χ3v) is 2.18. The highest BCUT2D eigenvalue weighted by molar-refractivity contribution is 6.35. The Hall–Kier alpha value is -1.21. The van der Waals surface area contributed by atoms with Crippen molar-refractivity contribution >= 4 is 28.1 Å². The first kappa shape index (κ1) is 7.44. The van der Waals surface area contributed by atoms with Gasteiger partial charge in [0.15, 0.2) is 0 Å². The van der Waals surface area contributed by atoms with E-state index in [4.69, 9.17) is 17.3 Å². The van der Waals surface area contributed by atoms with E-state index in [-0.39, 0.29) is 0 Å². The molecule has 60 valence electrons. The first-order chi connectivity index (χ1) is 5.77. The zero-order valence-corrected chi connectivity index (χ0v) is 7.18. The molecule has 0 aliphatic carbocycles. The summed E-state index contributed by atoms with van der Waals surface area (Å²) < 4.78 is 0. The van der Waals surface area contributed by atoms with Crippen LogP contribution in [0.4, 0.5) is 5.69 Å². The second kappa shape index (κ2) is 2.68. The Kier molecular flexibility index (Phi) is 1.66. The van der Waals surface area contributed by atoms with Gasteiger partial charge in [-0.2, -0.15) is 0 Å². The number of fused-ring (bicyclic) bond motifs is 1. The molecule has 0 saturated heterocycles. The van der Waals surface area contributed by atoms with Gasteiger partial charge in [0, 0.05) is 16.1 Å². The average Bonchev–Trinajstić information content (AvgIpc) is 2.07. The lowest BCUT2D eigenvalue weighted by molar-refractivity contribution is 1.72. The molecule has 0 aliphatic heterocycles. The van der Waals surface area contributed by atoms with E-state index in [1.54, 1.807) is 0 Å². The summed E-state index contributed by atoms with van der Waals surface area (Å²) in [6.45, 7) is 0. The van der Waals surface area contributed by atoms with Crippen molar-refractivity contribution in [3.05, 3.63) is 41.4 Å². The van der Waals surface area contributed by atoms with Crippen LogP contribution < -0.4 is 5.73 Å². The van der Waals surface area contributed by atoms with Crippen molar-refractivity contribution in [2.45, 2.75) is 0 Å². The molecule has 0 atom stereocenters. The molecule has 2 aromatic rings. The molecule has 2 aromatic carbocycles. The molecule has 1 nitrogen and oxygen atoms in total. The molecule has 2 N–H and O–H groups in total. The molecule has 0 unspecified atom stereocenters. The van der Waals surface area contributed by atoms with Crippen LogP contribution >= 0.6 is 11.6 Å². The third-order valence-electron chi connectivity index (χ3n) is 1.85. The van der Waals surface area contributed by atoms with Crippen molar-refractivity contribution in [3.63, 3.8) is 0 Å². The molecule has 2 heteroatoms. The van der Waals surface area contributed by atoms with E-state index in [0.717, 1.165) is 21.5 Å². The molecule has 0 spiro atoms. The third kappa shape index (κ3) is 1.12. The van der Waals surface area contributed by atoms with E-state index in [0.29, 0.717) is 0 Å². The molecule has 0 aromatic heterocycles. The van der Waals surface area contributed by atoms with Crippen LogP contribution in [0, 0.1) is 0 Å². The highest BCUT2D eigenvalue weighted by Gasteiger charge is 1.97. The molecule has 0 aliphatic rings. The lowest BCUT2D eigenvalue weighted by Crippen LogP contribution is -1.83. The molecule has 12 heavy (non-hydrogen) atoms. The van der Waals surface area contributed by atoms with Crippen LogP contribution in [0.25, 0.3) is 10.8 Å². The van der Waals surface area contributed by atoms with Crippen molar-refractivity contribution in [1.82, 2.24) is 0 Å². The highest BCUT2D eigenvalue weighted by Crippen LogP contribution is 2.24. The van der Waals surface area contributed by atoms with E-state index in [2.05, 4.69) is 0 Å². The van der Waals surface area contributed by atoms with Crippen molar-refractivity contribution in [1.29, 1.82) is 0 Å². The van der Waals surface area contributed by atoms with Gasteiger partial charge in [0.25, 0.3) is 0 Å². The summed E-state index contributed by atoms with van der Waals surface area (Å²) in [4.78, 5) is 0. The number of halogens is 1. The molecule has 0 fully saturated rings. The Bertz CT molecular complexity index is 423. The maximum Gasteiger partial charge on any atom is 0.0485 e. The fraction of sp³-hybridized carbons (Fsp3) is 0. The van der Waals surface area contributed by atoms with E-state index >= 15 is 0 Å². The predicted octanol–water partition coefficient (Wildman–Crippen LogP) is 3.08. The van der Waals surface area contributed by atoms with E-state index in [9.17, 15) is 0 Å². The quantitative estimate of drug-likeness (QED) is 0.615. The summed E-state index contributed by atoms with van der Waals surface area (Å²) in [5.74, 6) is 0. The highest BCUT2D eigenvalue weighted by atomic mass is 35.5. The first-order valence-electron chi connectivity index (χ1n) is 3.71. The molecule has 0 saturated carbocycles. The molecular formula is C10H8ClN. The monoisotopic (exact) mass is 177 g/mol. The first-order valence-corrected chi connectivity index (χ1v) is 4.09. The molecule has 0 amide bonds. The van der Waals surface area contributed by atoms with Crippen LogP contribution in [0.3, 0.4) is 0 Å². The summed E-state index contributed by atoms with van der Waals surface area (Å²) in [7, 11) is 0. The molecule has 0 radical (unpaired) electrons. The van der Waals surface area contributed by atoms with Crippen LogP contribution in [0.15, 0.2) is 36.4 Å². The van der Waals surface area contributed by atoms with Gasteiger partial charge in [0.05, 0.1) is 0 Å². The standard InChI is InChI=1S/C10H8ClN/c11-10-3-1-2-7-4-5-8(12)6-9(7)10/h1-6H,12H2. The Balaban J connectivity index is 2.88. The van der Waals surface area contributed by atoms with Gasteiger partial charge in [-0.25, -0.2) is 0 Å². The maximum atomic E-state index is 5.97. The second-order valence-corrected chi connectivity index (χ2v) is 3.13. The van der Waals surface area contributed by atoms with Gasteiger partial charge in [-0.1, -0.05) is 29.8 Å². The topological polar surface area (TPSA) is 26.0 Å². The Morgan fingerprint density at radius 2 is 1.92 bits per heavy atom. The van der Waals surface area contributed by atoms with Gasteiger partial charge < -0.3 is 5.73 Å². The van der Waals surface area contributed by atoms with Crippen molar-refractivity contribution in [2.24, 2.45) is 0 Å². The number of benzene rings is 2. The number of nitrogen functional groups attached to an aromatic ring is 1. The van der Waals surface area contributed by atoms with Gasteiger partial charge in [-0.3, -0.25) is 0 Å². The van der Waals surface area contributed by atoms with Crippen molar-refractivity contribution < 1.29 is 0 Å². The van der Waals surface area contributed by atoms with Crippen LogP contribution in [0.2, 0.25) is 5.02 Å². The number of hydrogen-bond donors (Lipinski definition) is 1. The Morgan fingerprint density at radius 1 is 1.08 bits per heavy atom. The van der Waals surface area contributed by atoms with E-state index in [1.807, 2.05) is 36.4 Å². The minimum absolute atomic E-state index is 0.746. The van der Waals surface area contributed by atoms with Crippen LogP contribution in [-0.2, 0) is 0 Å². The normalized spacial score (nSPS) is 10.4. The molecule has 0 bridgehead atoms. The number of anilines is 1. The summed E-state index contributed by atoms with van der Waals surface area (Å²) >= 11 is 5.97. The number of hydrogen-bond acceptors (Lipinski definition) is 1. The molecule has 0 heterocycles. The Morgan fingerprint density at radius 3 is 2.75 bits per heavy atom. The largest absolute Gasteiger partial charge is 0.399 e. The Labute approximate surface area is 75.8 Å². The lowest BCUT2D eigenvalue weighted by atomic mass is 10.1. The van der Waals surface area contributed by atoms with Gasteiger partial charge >= 0.3 is 0 Å². The predicted molar refractivity (Wildman–Crippen MR) is 53.4 cm³/mol. The minimum Gasteiger partial charge on any atom is -0.399 e. The zero-order chi connectivity index (χ0) is 8.55. The summed E-state index contributed by atoms with van der Waals surface area (Å²) in [5, 5.41) is 2.88. The fourth-order valence-electron chi connectivity index (χ4n) is 1.25. The van der Waals surface area contributed by atoms with Gasteiger partial charge in [0.1, 0.15) is 0 Å². The van der Waals surface area contributed by atoms with Crippen LogP contribution in [0.1, 0.15) is 0 Å². The summed E-state index contributed by atoms with van der Waals surface area (Å²) in [6.07, 6.45) is 0. The van der Waals surface area contributed by atoms with Crippen LogP contribution in [0.5, 0.6) is 0 Å². The average molecular weight is 178 g/mol. The van der Waals surface area contributed by atoms with Crippen molar-refractivity contribution in [2.75, 3.05) is 5.73 Å². The van der Waals surface area contributed by atoms with Crippen LogP contribution in [-0.4, -0.2) is 0 Å². The van der Waals surface area contributed by atoms with E-state index in [1.165, 1.54) is 0 Å². The summed E-state index contributed by atoms with van der Waals surface area (Å²) in [5.41, 5.74) is 6.38. The number of rotatable bonds is 0. The smallest absolute Gasteiger partial charge is 0.0485 e. The second-order valence-electron chi connectivity index (χ2n) is 2.72. The zero-order valence-electron chi connectivity index (χ0n) is 6.42. The van der Waals surface area contributed by atoms with E-state index < -0.39 is 0 Å². The maximum absolute atomic E-state index is 5.97. The number of nitrogens with two attached hydrogens (primary N) is 1. The lowest BCUT2D eigenvalue weighted by Gasteiger charge is -2.00. The minimum atomic E-state index is 0.746. The molecule has 2 rings (SSSR count). The van der Waals surface area contributed by atoms with Gasteiger partial charge in [-0.15, -0.1) is 0 Å². The SMILES string of the molecule is Nc1ccc2cccc(Cl)c2c1. The van der Waals surface area contributed by atoms with Gasteiger partial charge in [-0.05, 0) is 23.6 Å².